The Kier molecular flexibility index (Phi) is 6.07. The van der Waals surface area contributed by atoms with Crippen LogP contribution in [0.5, 0.6) is 0 Å². The second-order valence-electron chi connectivity index (χ2n) is 5.71. The van der Waals surface area contributed by atoms with E-state index in [2.05, 4.69) is 15.7 Å². The Hall–Kier alpha value is -2.06. The quantitative estimate of drug-likeness (QED) is 0.868. The van der Waals surface area contributed by atoms with Crippen LogP contribution in [0.1, 0.15) is 28.9 Å². The molecule has 1 fully saturated rings. The highest BCUT2D eigenvalue weighted by molar-refractivity contribution is 5.94. The van der Waals surface area contributed by atoms with Crippen LogP contribution in [0.2, 0.25) is 0 Å². The first kappa shape index (κ1) is 19.3. The minimum atomic E-state index is -4.49. The molecule has 1 aromatic heterocycles. The lowest BCUT2D eigenvalue weighted by Crippen LogP contribution is -2.45. The van der Waals surface area contributed by atoms with Crippen molar-refractivity contribution in [2.45, 2.75) is 25.1 Å². The number of aromatic nitrogens is 2. The number of rotatable bonds is 3. The van der Waals surface area contributed by atoms with Crippen LogP contribution in [-0.2, 0) is 6.18 Å². The number of nitrogens with one attached hydrogen (secondary N) is 2. The standard InChI is InChI=1S/C16H17F3N4O.ClH/c17-16(18,19)14-6-8-23(22-14)13-5-1-3-11(9-13)15(24)21-12-4-2-7-20-10-12;/h1,3,5-6,8-9,12,20H,2,4,7,10H2,(H,21,24);1H/t12-;/m0./s1. The third-order valence-corrected chi connectivity index (χ3v) is 3.88. The molecule has 25 heavy (non-hydrogen) atoms. The second-order valence-corrected chi connectivity index (χ2v) is 5.71. The fraction of sp³-hybridized carbons (Fsp3) is 0.375. The van der Waals surface area contributed by atoms with E-state index in [9.17, 15) is 18.0 Å². The van der Waals surface area contributed by atoms with Gasteiger partial charge in [0.25, 0.3) is 5.91 Å². The van der Waals surface area contributed by atoms with Crippen molar-refractivity contribution in [1.82, 2.24) is 20.4 Å². The summed E-state index contributed by atoms with van der Waals surface area (Å²) in [6.07, 6.45) is -1.36. The normalized spacial score (nSPS) is 17.6. The van der Waals surface area contributed by atoms with Gasteiger partial charge in [-0.1, -0.05) is 6.07 Å². The third-order valence-electron chi connectivity index (χ3n) is 3.88. The first-order chi connectivity index (χ1) is 11.4. The molecule has 2 heterocycles. The zero-order valence-corrected chi connectivity index (χ0v) is 14.0. The van der Waals surface area contributed by atoms with Crippen molar-refractivity contribution in [1.29, 1.82) is 0 Å². The van der Waals surface area contributed by atoms with Gasteiger partial charge in [-0.15, -0.1) is 12.4 Å². The number of nitrogens with zero attached hydrogens (tertiary/aromatic N) is 2. The molecular weight excluding hydrogens is 357 g/mol. The Morgan fingerprint density at radius 2 is 2.12 bits per heavy atom. The predicted molar refractivity (Wildman–Crippen MR) is 89.2 cm³/mol. The van der Waals surface area contributed by atoms with Crippen LogP contribution in [0.15, 0.2) is 36.5 Å². The number of benzene rings is 1. The van der Waals surface area contributed by atoms with E-state index < -0.39 is 11.9 Å². The van der Waals surface area contributed by atoms with Crippen molar-refractivity contribution in [3.63, 3.8) is 0 Å². The molecule has 9 heteroatoms. The minimum Gasteiger partial charge on any atom is -0.348 e. The molecule has 136 valence electrons. The minimum absolute atomic E-state index is 0. The second kappa shape index (κ2) is 7.88. The summed E-state index contributed by atoms with van der Waals surface area (Å²) in [6.45, 7) is 1.67. The molecule has 0 radical (unpaired) electrons. The van der Waals surface area contributed by atoms with E-state index in [-0.39, 0.29) is 24.4 Å². The van der Waals surface area contributed by atoms with Crippen LogP contribution in [-0.4, -0.2) is 34.8 Å². The van der Waals surface area contributed by atoms with E-state index in [4.69, 9.17) is 0 Å². The number of carbonyl (C=O) groups is 1. The van der Waals surface area contributed by atoms with E-state index in [1.54, 1.807) is 18.2 Å². The molecule has 0 bridgehead atoms. The van der Waals surface area contributed by atoms with Crippen molar-refractivity contribution in [2.75, 3.05) is 13.1 Å². The van der Waals surface area contributed by atoms with Crippen LogP contribution < -0.4 is 10.6 Å². The van der Waals surface area contributed by atoms with Gasteiger partial charge in [-0.2, -0.15) is 18.3 Å². The maximum absolute atomic E-state index is 12.6. The van der Waals surface area contributed by atoms with E-state index in [1.807, 2.05) is 0 Å². The van der Waals surface area contributed by atoms with E-state index in [0.717, 1.165) is 36.7 Å². The molecule has 2 aromatic rings. The maximum atomic E-state index is 12.6. The van der Waals surface area contributed by atoms with Crippen LogP contribution in [0.3, 0.4) is 0 Å². The maximum Gasteiger partial charge on any atom is 0.435 e. The first-order valence-electron chi connectivity index (χ1n) is 7.68. The van der Waals surface area contributed by atoms with Gasteiger partial charge < -0.3 is 10.6 Å². The van der Waals surface area contributed by atoms with Crippen molar-refractivity contribution >= 4 is 18.3 Å². The lowest BCUT2D eigenvalue weighted by atomic mass is 10.1. The van der Waals surface area contributed by atoms with Crippen molar-refractivity contribution < 1.29 is 18.0 Å². The molecule has 1 aliphatic heterocycles. The molecular formula is C16H18ClF3N4O. The molecule has 0 spiro atoms. The number of amides is 1. The highest BCUT2D eigenvalue weighted by Gasteiger charge is 2.33. The third kappa shape index (κ3) is 4.73. The molecule has 2 N–H and O–H groups in total. The van der Waals surface area contributed by atoms with Gasteiger partial charge in [0, 0.05) is 24.3 Å². The summed E-state index contributed by atoms with van der Waals surface area (Å²) in [7, 11) is 0. The van der Waals surface area contributed by atoms with E-state index >= 15 is 0 Å². The van der Waals surface area contributed by atoms with Gasteiger partial charge >= 0.3 is 6.18 Å². The van der Waals surface area contributed by atoms with Crippen LogP contribution in [0.25, 0.3) is 5.69 Å². The van der Waals surface area contributed by atoms with Crippen LogP contribution in [0.4, 0.5) is 13.2 Å². The smallest absolute Gasteiger partial charge is 0.348 e. The van der Waals surface area contributed by atoms with Crippen molar-refractivity contribution in [2.24, 2.45) is 0 Å². The average Bonchev–Trinajstić information content (AvgIpc) is 3.06. The number of piperidine rings is 1. The number of carbonyl (C=O) groups excluding carboxylic acids is 1. The van der Waals surface area contributed by atoms with Crippen molar-refractivity contribution in [3.8, 4) is 5.69 Å². The Morgan fingerprint density at radius 3 is 2.76 bits per heavy atom. The van der Waals surface area contributed by atoms with Gasteiger partial charge in [0.2, 0.25) is 0 Å². The monoisotopic (exact) mass is 374 g/mol. The number of alkyl halides is 3. The zero-order chi connectivity index (χ0) is 17.2. The summed E-state index contributed by atoms with van der Waals surface area (Å²) in [5.74, 6) is -0.242. The molecule has 1 aliphatic rings. The fourth-order valence-corrected chi connectivity index (χ4v) is 2.65. The summed E-state index contributed by atoms with van der Waals surface area (Å²) >= 11 is 0. The molecule has 0 saturated carbocycles. The van der Waals surface area contributed by atoms with Crippen LogP contribution >= 0.6 is 12.4 Å². The summed E-state index contributed by atoms with van der Waals surface area (Å²) in [5.41, 5.74) is -0.173. The molecule has 1 amide bonds. The highest BCUT2D eigenvalue weighted by Crippen LogP contribution is 2.27. The fourth-order valence-electron chi connectivity index (χ4n) is 2.65. The Balaban J connectivity index is 0.00000225. The SMILES string of the molecule is Cl.O=C(N[C@H]1CCCNC1)c1cccc(-n2ccc(C(F)(F)F)n2)c1. The molecule has 0 aliphatic carbocycles. The molecule has 3 rings (SSSR count). The van der Waals surface area contributed by atoms with E-state index in [1.165, 1.54) is 12.3 Å². The Labute approximate surface area is 149 Å². The van der Waals surface area contributed by atoms with Gasteiger partial charge in [0.05, 0.1) is 5.69 Å². The first-order valence-corrected chi connectivity index (χ1v) is 7.68. The number of hydrogen-bond acceptors (Lipinski definition) is 3. The number of halogens is 4. The predicted octanol–water partition coefficient (Wildman–Crippen LogP) is 2.79. The molecule has 5 nitrogen and oxygen atoms in total. The number of hydrogen-bond donors (Lipinski definition) is 2. The van der Waals surface area contributed by atoms with E-state index in [0.29, 0.717) is 11.3 Å². The Bertz CT molecular complexity index is 726. The molecule has 0 unspecified atom stereocenters. The van der Waals surface area contributed by atoms with Gasteiger partial charge in [0.15, 0.2) is 5.69 Å². The Morgan fingerprint density at radius 1 is 1.32 bits per heavy atom. The average molecular weight is 375 g/mol. The summed E-state index contributed by atoms with van der Waals surface area (Å²) in [4.78, 5) is 12.3. The lowest BCUT2D eigenvalue weighted by molar-refractivity contribution is -0.141. The zero-order valence-electron chi connectivity index (χ0n) is 13.2. The van der Waals surface area contributed by atoms with Gasteiger partial charge in [-0.25, -0.2) is 4.68 Å². The van der Waals surface area contributed by atoms with Crippen molar-refractivity contribution in [3.05, 3.63) is 47.8 Å². The largest absolute Gasteiger partial charge is 0.435 e. The molecule has 1 atom stereocenters. The lowest BCUT2D eigenvalue weighted by Gasteiger charge is -2.23. The van der Waals surface area contributed by atoms with Gasteiger partial charge in [-0.3, -0.25) is 4.79 Å². The van der Waals surface area contributed by atoms with Crippen LogP contribution in [0, 0.1) is 0 Å². The summed E-state index contributed by atoms with van der Waals surface area (Å²) < 4.78 is 39.0. The summed E-state index contributed by atoms with van der Waals surface area (Å²) in [6, 6.07) is 7.35. The van der Waals surface area contributed by atoms with Gasteiger partial charge in [-0.05, 0) is 43.7 Å². The van der Waals surface area contributed by atoms with Gasteiger partial charge in [0.1, 0.15) is 0 Å². The summed E-state index contributed by atoms with van der Waals surface area (Å²) in [5, 5.41) is 9.66. The molecule has 1 saturated heterocycles. The topological polar surface area (TPSA) is 59.0 Å². The highest BCUT2D eigenvalue weighted by atomic mass is 35.5. The molecule has 1 aromatic carbocycles.